The minimum atomic E-state index is -1.51. The van der Waals surface area contributed by atoms with E-state index in [-0.39, 0.29) is 12.2 Å². The second-order valence-electron chi connectivity index (χ2n) is 5.40. The van der Waals surface area contributed by atoms with Crippen LogP contribution in [-0.2, 0) is 16.1 Å². The molecule has 5 nitrogen and oxygen atoms in total. The maximum absolute atomic E-state index is 9.42. The van der Waals surface area contributed by atoms with Crippen LogP contribution in [0.1, 0.15) is 31.2 Å². The second-order valence-corrected chi connectivity index (χ2v) is 5.40. The number of benzene rings is 1. The average Bonchev–Trinajstić information content (AvgIpc) is 2.52. The second kappa shape index (κ2) is 7.80. The molecule has 2 rings (SSSR count). The van der Waals surface area contributed by atoms with E-state index >= 15 is 0 Å². The summed E-state index contributed by atoms with van der Waals surface area (Å²) in [6, 6.07) is 5.15. The lowest BCUT2D eigenvalue weighted by Crippen LogP contribution is -2.34. The summed E-state index contributed by atoms with van der Waals surface area (Å²) in [7, 11) is 1.81. The molecule has 1 saturated carbocycles. The minimum absolute atomic E-state index is 0.151. The normalized spacial score (nSPS) is 22.1. The van der Waals surface area contributed by atoms with E-state index in [9.17, 15) is 10.0 Å². The van der Waals surface area contributed by atoms with Crippen molar-refractivity contribution in [1.29, 1.82) is 0 Å². The fourth-order valence-corrected chi connectivity index (χ4v) is 2.76. The number of rotatable bonds is 6. The van der Waals surface area contributed by atoms with Gasteiger partial charge in [0, 0.05) is 7.11 Å². The standard InChI is InChI=1S/C15H23BO5/c1-19-12-4-3-5-14(9-12)21-10-11-8-13(20-2)6-7-15(11)16(17)18/h6-8,12,14,17-18H,3-5,9-10H2,1-2H3. The van der Waals surface area contributed by atoms with Crippen molar-refractivity contribution in [3.05, 3.63) is 23.8 Å². The van der Waals surface area contributed by atoms with Gasteiger partial charge in [0.1, 0.15) is 5.75 Å². The third-order valence-electron chi connectivity index (χ3n) is 4.01. The summed E-state index contributed by atoms with van der Waals surface area (Å²) in [4.78, 5) is 0. The van der Waals surface area contributed by atoms with Gasteiger partial charge >= 0.3 is 7.12 Å². The first-order valence-electron chi connectivity index (χ1n) is 7.31. The van der Waals surface area contributed by atoms with E-state index < -0.39 is 7.12 Å². The van der Waals surface area contributed by atoms with Gasteiger partial charge in [-0.25, -0.2) is 0 Å². The molecule has 0 aromatic heterocycles. The molecule has 1 aliphatic rings. The highest BCUT2D eigenvalue weighted by molar-refractivity contribution is 6.59. The van der Waals surface area contributed by atoms with Crippen LogP contribution in [0.4, 0.5) is 0 Å². The molecule has 0 amide bonds. The van der Waals surface area contributed by atoms with Crippen molar-refractivity contribution < 1.29 is 24.3 Å². The topological polar surface area (TPSA) is 68.2 Å². The Hall–Kier alpha value is -1.08. The van der Waals surface area contributed by atoms with Gasteiger partial charge in [-0.05, 0) is 48.8 Å². The van der Waals surface area contributed by atoms with Gasteiger partial charge in [-0.3, -0.25) is 0 Å². The van der Waals surface area contributed by atoms with Crippen LogP contribution in [0.2, 0.25) is 0 Å². The van der Waals surface area contributed by atoms with E-state index in [1.165, 1.54) is 0 Å². The van der Waals surface area contributed by atoms with Crippen molar-refractivity contribution in [3.8, 4) is 5.75 Å². The summed E-state index contributed by atoms with van der Waals surface area (Å²) < 4.78 is 16.5. The Bertz CT molecular complexity index is 452. The molecule has 6 heteroatoms. The highest BCUT2D eigenvalue weighted by Gasteiger charge is 2.23. The Balaban J connectivity index is 2.01. The summed E-state index contributed by atoms with van der Waals surface area (Å²) in [6.45, 7) is 0.339. The van der Waals surface area contributed by atoms with E-state index in [1.807, 2.05) is 0 Å². The Labute approximate surface area is 126 Å². The van der Waals surface area contributed by atoms with Crippen LogP contribution in [0.5, 0.6) is 5.75 Å². The van der Waals surface area contributed by atoms with E-state index in [1.54, 1.807) is 32.4 Å². The molecular weight excluding hydrogens is 271 g/mol. The van der Waals surface area contributed by atoms with Gasteiger partial charge in [0.15, 0.2) is 0 Å². The largest absolute Gasteiger partial charge is 0.497 e. The zero-order chi connectivity index (χ0) is 15.2. The lowest BCUT2D eigenvalue weighted by atomic mass is 9.77. The smallest absolute Gasteiger partial charge is 0.488 e. The summed E-state index contributed by atoms with van der Waals surface area (Å²) in [5, 5.41) is 18.8. The maximum atomic E-state index is 9.42. The number of hydrogen-bond donors (Lipinski definition) is 2. The first kappa shape index (κ1) is 16.3. The molecule has 1 aromatic rings. The number of hydrogen-bond acceptors (Lipinski definition) is 5. The fraction of sp³-hybridized carbons (Fsp3) is 0.600. The SMILES string of the molecule is COc1ccc(B(O)O)c(COC2CCCC(OC)C2)c1. The monoisotopic (exact) mass is 294 g/mol. The fourth-order valence-electron chi connectivity index (χ4n) is 2.76. The Morgan fingerprint density at radius 2 is 1.95 bits per heavy atom. The quantitative estimate of drug-likeness (QED) is 0.761. The van der Waals surface area contributed by atoms with Crippen molar-refractivity contribution in [2.75, 3.05) is 14.2 Å². The van der Waals surface area contributed by atoms with Gasteiger partial charge < -0.3 is 24.3 Å². The molecule has 2 unspecified atom stereocenters. The Morgan fingerprint density at radius 3 is 2.62 bits per heavy atom. The Morgan fingerprint density at radius 1 is 1.19 bits per heavy atom. The minimum Gasteiger partial charge on any atom is -0.497 e. The summed E-state index contributed by atoms with van der Waals surface area (Å²) >= 11 is 0. The van der Waals surface area contributed by atoms with Crippen LogP contribution in [0.3, 0.4) is 0 Å². The van der Waals surface area contributed by atoms with Crippen LogP contribution in [0.25, 0.3) is 0 Å². The lowest BCUT2D eigenvalue weighted by molar-refractivity contribution is -0.0362. The highest BCUT2D eigenvalue weighted by atomic mass is 16.5. The van der Waals surface area contributed by atoms with Crippen LogP contribution < -0.4 is 10.2 Å². The first-order valence-corrected chi connectivity index (χ1v) is 7.31. The predicted octanol–water partition coefficient (Wildman–Crippen LogP) is 0.849. The maximum Gasteiger partial charge on any atom is 0.488 e. The summed E-state index contributed by atoms with van der Waals surface area (Å²) in [6.07, 6.45) is 4.49. The van der Waals surface area contributed by atoms with Crippen molar-refractivity contribution in [2.24, 2.45) is 0 Å². The van der Waals surface area contributed by atoms with Crippen LogP contribution in [-0.4, -0.2) is 43.6 Å². The van der Waals surface area contributed by atoms with Crippen molar-refractivity contribution in [3.63, 3.8) is 0 Å². The van der Waals surface area contributed by atoms with E-state index in [4.69, 9.17) is 14.2 Å². The average molecular weight is 294 g/mol. The molecular formula is C15H23BO5. The molecule has 0 bridgehead atoms. The van der Waals surface area contributed by atoms with Crippen molar-refractivity contribution in [2.45, 2.75) is 44.5 Å². The lowest BCUT2D eigenvalue weighted by Gasteiger charge is -2.28. The first-order chi connectivity index (χ1) is 10.1. The van der Waals surface area contributed by atoms with Gasteiger partial charge in [-0.2, -0.15) is 0 Å². The van der Waals surface area contributed by atoms with Crippen molar-refractivity contribution in [1.82, 2.24) is 0 Å². The molecule has 0 saturated heterocycles. The number of methoxy groups -OCH3 is 2. The predicted molar refractivity (Wildman–Crippen MR) is 80.7 cm³/mol. The molecule has 0 aliphatic heterocycles. The molecule has 0 radical (unpaired) electrons. The van der Waals surface area contributed by atoms with E-state index in [2.05, 4.69) is 0 Å². The van der Waals surface area contributed by atoms with Crippen LogP contribution >= 0.6 is 0 Å². The van der Waals surface area contributed by atoms with Gasteiger partial charge in [-0.1, -0.05) is 6.07 Å². The van der Waals surface area contributed by atoms with Crippen molar-refractivity contribution >= 4 is 12.6 Å². The Kier molecular flexibility index (Phi) is 6.05. The molecule has 2 N–H and O–H groups in total. The summed E-state index contributed by atoms with van der Waals surface area (Å²) in [5.41, 5.74) is 1.19. The molecule has 116 valence electrons. The van der Waals surface area contributed by atoms with E-state index in [0.29, 0.717) is 17.8 Å². The molecule has 21 heavy (non-hydrogen) atoms. The van der Waals surface area contributed by atoms with Gasteiger partial charge in [0.2, 0.25) is 0 Å². The molecule has 0 heterocycles. The molecule has 1 fully saturated rings. The molecule has 1 aliphatic carbocycles. The van der Waals surface area contributed by atoms with Crippen LogP contribution in [0.15, 0.2) is 18.2 Å². The third-order valence-corrected chi connectivity index (χ3v) is 4.01. The zero-order valence-corrected chi connectivity index (χ0v) is 12.6. The number of ether oxygens (including phenoxy) is 3. The third kappa shape index (κ3) is 4.44. The van der Waals surface area contributed by atoms with E-state index in [0.717, 1.165) is 31.2 Å². The van der Waals surface area contributed by atoms with Crippen LogP contribution in [0, 0.1) is 0 Å². The molecule has 0 spiro atoms. The van der Waals surface area contributed by atoms with Gasteiger partial charge in [0.25, 0.3) is 0 Å². The highest BCUT2D eigenvalue weighted by Crippen LogP contribution is 2.24. The summed E-state index contributed by atoms with van der Waals surface area (Å²) in [5.74, 6) is 0.677. The van der Waals surface area contributed by atoms with Gasteiger partial charge in [-0.15, -0.1) is 0 Å². The molecule has 2 atom stereocenters. The zero-order valence-electron chi connectivity index (χ0n) is 12.6. The molecule has 1 aromatic carbocycles. The van der Waals surface area contributed by atoms with Gasteiger partial charge in [0.05, 0.1) is 25.9 Å².